The van der Waals surface area contributed by atoms with Crippen LogP contribution in [0.3, 0.4) is 0 Å². The van der Waals surface area contributed by atoms with Crippen LogP contribution in [0.25, 0.3) is 11.0 Å². The summed E-state index contributed by atoms with van der Waals surface area (Å²) in [4.78, 5) is 6.92. The quantitative estimate of drug-likeness (QED) is 0.595. The third kappa shape index (κ3) is 0.941. The molecule has 0 saturated heterocycles. The highest BCUT2D eigenvalue weighted by Crippen LogP contribution is 2.15. The van der Waals surface area contributed by atoms with Crippen molar-refractivity contribution in [1.82, 2.24) is 9.97 Å². The zero-order valence-corrected chi connectivity index (χ0v) is 6.13. The van der Waals surface area contributed by atoms with E-state index in [9.17, 15) is 0 Å². The minimum atomic E-state index is 0.0550. The van der Waals surface area contributed by atoms with Crippen LogP contribution in [0.5, 0.6) is 5.88 Å². The summed E-state index contributed by atoms with van der Waals surface area (Å²) in [7, 11) is 0. The van der Waals surface area contributed by atoms with E-state index in [0.717, 1.165) is 16.7 Å². The molecule has 0 bridgehead atoms. The Balaban J connectivity index is 2.82. The van der Waals surface area contributed by atoms with Crippen molar-refractivity contribution in [3.8, 4) is 5.88 Å². The van der Waals surface area contributed by atoms with Crippen molar-refractivity contribution in [3.05, 3.63) is 23.9 Å². The Labute approximate surface area is 63.7 Å². The fraction of sp³-hybridized carbons (Fsp3) is 0.125. The summed E-state index contributed by atoms with van der Waals surface area (Å²) in [5.41, 5.74) is 1.79. The fourth-order valence-electron chi connectivity index (χ4n) is 1.13. The van der Waals surface area contributed by atoms with Crippen molar-refractivity contribution >= 4 is 11.0 Å². The summed E-state index contributed by atoms with van der Waals surface area (Å²) < 4.78 is 0. The molecular weight excluding hydrogens is 140 g/mol. The number of fused-ring (bicyclic) bond motifs is 1. The van der Waals surface area contributed by atoms with Gasteiger partial charge in [0.2, 0.25) is 5.88 Å². The second-order valence-corrected chi connectivity index (χ2v) is 2.56. The molecule has 0 radical (unpaired) electrons. The highest BCUT2D eigenvalue weighted by Gasteiger charge is 1.98. The number of pyridine rings is 1. The molecule has 0 aliphatic carbocycles. The van der Waals surface area contributed by atoms with Gasteiger partial charge in [0, 0.05) is 17.1 Å². The molecule has 0 aliphatic rings. The Morgan fingerprint density at radius 1 is 1.45 bits per heavy atom. The van der Waals surface area contributed by atoms with E-state index in [2.05, 4.69) is 9.97 Å². The van der Waals surface area contributed by atoms with E-state index >= 15 is 0 Å². The highest BCUT2D eigenvalue weighted by atomic mass is 16.3. The van der Waals surface area contributed by atoms with Crippen molar-refractivity contribution in [2.75, 3.05) is 0 Å². The third-order valence-electron chi connectivity index (χ3n) is 1.60. The number of rotatable bonds is 0. The Morgan fingerprint density at radius 3 is 3.09 bits per heavy atom. The minimum absolute atomic E-state index is 0.0550. The van der Waals surface area contributed by atoms with Gasteiger partial charge in [0.05, 0.1) is 0 Å². The predicted octanol–water partition coefficient (Wildman–Crippen LogP) is 1.58. The first-order valence-electron chi connectivity index (χ1n) is 3.41. The van der Waals surface area contributed by atoms with Gasteiger partial charge < -0.3 is 10.1 Å². The first kappa shape index (κ1) is 6.22. The van der Waals surface area contributed by atoms with Gasteiger partial charge in [-0.1, -0.05) is 0 Å². The number of hydrogen-bond donors (Lipinski definition) is 2. The van der Waals surface area contributed by atoms with E-state index in [0.29, 0.717) is 0 Å². The molecule has 0 amide bonds. The molecule has 2 N–H and O–H groups in total. The summed E-state index contributed by atoms with van der Waals surface area (Å²) in [5.74, 6) is 0.0550. The first-order valence-corrected chi connectivity index (χ1v) is 3.41. The molecule has 0 atom stereocenters. The number of hydrogen-bond acceptors (Lipinski definition) is 2. The van der Waals surface area contributed by atoms with Gasteiger partial charge >= 0.3 is 0 Å². The average molecular weight is 148 g/mol. The van der Waals surface area contributed by atoms with E-state index in [1.54, 1.807) is 6.07 Å². The molecule has 0 spiro atoms. The Bertz CT molecular complexity index is 392. The molecule has 2 heterocycles. The number of H-pyrrole nitrogens is 1. The van der Waals surface area contributed by atoms with Gasteiger partial charge in [-0.05, 0) is 19.1 Å². The molecule has 0 aromatic carbocycles. The van der Waals surface area contributed by atoms with Crippen molar-refractivity contribution in [2.24, 2.45) is 0 Å². The van der Waals surface area contributed by atoms with Crippen LogP contribution >= 0.6 is 0 Å². The van der Waals surface area contributed by atoms with Gasteiger partial charge in [-0.2, -0.15) is 4.98 Å². The molecule has 2 aromatic rings. The molecular formula is C8H8N2O. The lowest BCUT2D eigenvalue weighted by molar-refractivity contribution is 0.455. The molecule has 3 heteroatoms. The monoisotopic (exact) mass is 148 g/mol. The summed E-state index contributed by atoms with van der Waals surface area (Å²) in [6.07, 6.45) is 0. The topological polar surface area (TPSA) is 48.9 Å². The van der Waals surface area contributed by atoms with Crippen LogP contribution < -0.4 is 0 Å². The van der Waals surface area contributed by atoms with E-state index in [1.165, 1.54) is 0 Å². The molecule has 56 valence electrons. The Kier molecular flexibility index (Phi) is 1.12. The lowest BCUT2D eigenvalue weighted by atomic mass is 10.3. The van der Waals surface area contributed by atoms with Gasteiger partial charge in [0.1, 0.15) is 5.65 Å². The molecule has 3 nitrogen and oxygen atoms in total. The average Bonchev–Trinajstić information content (AvgIpc) is 2.27. The van der Waals surface area contributed by atoms with Gasteiger partial charge in [-0.3, -0.25) is 0 Å². The van der Waals surface area contributed by atoms with Crippen LogP contribution in [0.4, 0.5) is 0 Å². The summed E-state index contributed by atoms with van der Waals surface area (Å²) in [6.45, 7) is 1.96. The number of nitrogens with zero attached hydrogens (tertiary/aromatic N) is 1. The number of aromatic amines is 1. The van der Waals surface area contributed by atoms with E-state index in [4.69, 9.17) is 5.11 Å². The van der Waals surface area contributed by atoms with Gasteiger partial charge in [-0.15, -0.1) is 0 Å². The van der Waals surface area contributed by atoms with Crippen LogP contribution in [0, 0.1) is 6.92 Å². The second-order valence-electron chi connectivity index (χ2n) is 2.56. The smallest absolute Gasteiger partial charge is 0.212 e. The zero-order valence-electron chi connectivity index (χ0n) is 6.13. The lowest BCUT2D eigenvalue weighted by Crippen LogP contribution is -1.75. The van der Waals surface area contributed by atoms with Crippen LogP contribution in [-0.4, -0.2) is 15.1 Å². The van der Waals surface area contributed by atoms with Crippen molar-refractivity contribution in [2.45, 2.75) is 6.92 Å². The second kappa shape index (κ2) is 1.99. The van der Waals surface area contributed by atoms with Gasteiger partial charge in [0.25, 0.3) is 0 Å². The van der Waals surface area contributed by atoms with Crippen LogP contribution in [-0.2, 0) is 0 Å². The Hall–Kier alpha value is -1.51. The van der Waals surface area contributed by atoms with E-state index in [1.807, 2.05) is 19.1 Å². The molecule has 11 heavy (non-hydrogen) atoms. The van der Waals surface area contributed by atoms with Crippen LogP contribution in [0.1, 0.15) is 5.69 Å². The highest BCUT2D eigenvalue weighted by molar-refractivity contribution is 5.76. The third-order valence-corrected chi connectivity index (χ3v) is 1.60. The minimum Gasteiger partial charge on any atom is -0.493 e. The molecule has 0 aliphatic heterocycles. The summed E-state index contributed by atoms with van der Waals surface area (Å²) >= 11 is 0. The standard InChI is InChI=1S/C8H8N2O/c1-5-4-6-2-3-7(11)10-8(6)9-5/h2-4H,1H3,(H2,9,10,11). The van der Waals surface area contributed by atoms with Crippen LogP contribution in [0.15, 0.2) is 18.2 Å². The Morgan fingerprint density at radius 2 is 2.27 bits per heavy atom. The molecule has 0 saturated carbocycles. The summed E-state index contributed by atoms with van der Waals surface area (Å²) in [6, 6.07) is 5.40. The maximum Gasteiger partial charge on any atom is 0.212 e. The zero-order chi connectivity index (χ0) is 7.84. The largest absolute Gasteiger partial charge is 0.493 e. The van der Waals surface area contributed by atoms with Crippen molar-refractivity contribution in [3.63, 3.8) is 0 Å². The lowest BCUT2D eigenvalue weighted by Gasteiger charge is -1.88. The van der Waals surface area contributed by atoms with Crippen molar-refractivity contribution < 1.29 is 5.11 Å². The number of aryl methyl sites for hydroxylation is 1. The summed E-state index contributed by atoms with van der Waals surface area (Å²) in [5, 5.41) is 10.0. The SMILES string of the molecule is Cc1cc2ccc(O)nc2[nH]1. The van der Waals surface area contributed by atoms with E-state index in [-0.39, 0.29) is 5.88 Å². The molecule has 2 aromatic heterocycles. The molecule has 0 fully saturated rings. The predicted molar refractivity (Wildman–Crippen MR) is 42.5 cm³/mol. The molecule has 0 unspecified atom stereocenters. The van der Waals surface area contributed by atoms with E-state index < -0.39 is 0 Å². The van der Waals surface area contributed by atoms with Crippen molar-refractivity contribution in [1.29, 1.82) is 0 Å². The van der Waals surface area contributed by atoms with Crippen LogP contribution in [0.2, 0.25) is 0 Å². The normalized spacial score (nSPS) is 10.6. The maximum absolute atomic E-state index is 9.01. The number of aromatic nitrogens is 2. The molecule has 2 rings (SSSR count). The van der Waals surface area contributed by atoms with Gasteiger partial charge in [0.15, 0.2) is 0 Å². The first-order chi connectivity index (χ1) is 5.25. The fourth-order valence-corrected chi connectivity index (χ4v) is 1.13. The number of aromatic hydroxyl groups is 1. The number of nitrogens with one attached hydrogen (secondary N) is 1. The van der Waals surface area contributed by atoms with Gasteiger partial charge in [-0.25, -0.2) is 0 Å². The maximum atomic E-state index is 9.01.